The molecule has 2 aromatic rings. The number of carbonyl (C=O) groups is 1. The van der Waals surface area contributed by atoms with Crippen molar-refractivity contribution in [3.05, 3.63) is 48.2 Å². The summed E-state index contributed by atoms with van der Waals surface area (Å²) in [6.07, 6.45) is 8.68. The highest BCUT2D eigenvalue weighted by Crippen LogP contribution is 2.53. The Morgan fingerprint density at radius 1 is 1.42 bits per heavy atom. The van der Waals surface area contributed by atoms with Gasteiger partial charge in [-0.3, -0.25) is 9.78 Å². The highest BCUT2D eigenvalue weighted by Gasteiger charge is 2.58. The number of fused-ring (bicyclic) bond motifs is 1. The van der Waals surface area contributed by atoms with E-state index in [2.05, 4.69) is 21.7 Å². The van der Waals surface area contributed by atoms with Gasteiger partial charge in [0.2, 0.25) is 5.91 Å². The summed E-state index contributed by atoms with van der Waals surface area (Å²) in [6.45, 7) is 1.73. The fourth-order valence-corrected chi connectivity index (χ4v) is 3.81. The molecule has 2 fully saturated rings. The minimum atomic E-state index is -0.655. The monoisotopic (exact) mass is 351 g/mol. The van der Waals surface area contributed by atoms with Gasteiger partial charge in [-0.25, -0.2) is 0 Å². The second-order valence-corrected chi connectivity index (χ2v) is 7.46. The van der Waals surface area contributed by atoms with Crippen molar-refractivity contribution in [2.45, 2.75) is 25.3 Å². The van der Waals surface area contributed by atoms with Crippen molar-refractivity contribution in [1.29, 1.82) is 0 Å². The average Bonchev–Trinajstić information content (AvgIpc) is 3.42. The van der Waals surface area contributed by atoms with Crippen LogP contribution in [0, 0.1) is 11.3 Å². The smallest absolute Gasteiger partial charge is 0.229 e. The van der Waals surface area contributed by atoms with Crippen LogP contribution < -0.4 is 10.6 Å². The molecular weight excluding hydrogens is 326 g/mol. The number of rotatable bonds is 5. The molecule has 26 heavy (non-hydrogen) atoms. The topological polar surface area (TPSA) is 74.2 Å². The predicted octanol–water partition coefficient (Wildman–Crippen LogP) is 2.11. The average molecular weight is 351 g/mol. The number of benzene rings is 1. The molecule has 2 heterocycles. The van der Waals surface area contributed by atoms with Crippen LogP contribution in [-0.2, 0) is 4.79 Å². The van der Waals surface area contributed by atoms with E-state index in [-0.39, 0.29) is 24.5 Å². The van der Waals surface area contributed by atoms with Crippen molar-refractivity contribution in [1.82, 2.24) is 15.6 Å². The number of aliphatic hydroxyl groups excluding tert-OH is 1. The molecule has 5 heteroatoms. The lowest BCUT2D eigenvalue weighted by atomic mass is 10.0. The Bertz CT molecular complexity index is 829. The summed E-state index contributed by atoms with van der Waals surface area (Å²) < 4.78 is 0. The van der Waals surface area contributed by atoms with Crippen LogP contribution in [0.1, 0.15) is 24.8 Å². The minimum Gasteiger partial charge on any atom is -0.395 e. The standard InChI is InChI=1S/C21H25N3O2/c25-14-21(20(26)24-18-5-3-9-22-13-18)11-17(21)8-7-15-10-16-4-1-2-6-19(16)23-12-15/h1-2,4,6-8,10,12,17-18,22,25H,3,5,9,11,13-14H2,(H,24,26). The Balaban J connectivity index is 1.42. The van der Waals surface area contributed by atoms with E-state index in [0.29, 0.717) is 6.42 Å². The maximum absolute atomic E-state index is 12.7. The Kier molecular flexibility index (Phi) is 4.74. The van der Waals surface area contributed by atoms with E-state index in [9.17, 15) is 9.90 Å². The van der Waals surface area contributed by atoms with Crippen LogP contribution in [0.2, 0.25) is 0 Å². The van der Waals surface area contributed by atoms with Crippen LogP contribution in [0.4, 0.5) is 0 Å². The molecule has 1 aliphatic heterocycles. The molecule has 5 nitrogen and oxygen atoms in total. The highest BCUT2D eigenvalue weighted by molar-refractivity contribution is 5.87. The Hall–Kier alpha value is -2.24. The molecule has 3 atom stereocenters. The fraction of sp³-hybridized carbons (Fsp3) is 0.429. The summed E-state index contributed by atoms with van der Waals surface area (Å²) in [4.78, 5) is 17.1. The number of amides is 1. The number of piperidine rings is 1. The third kappa shape index (κ3) is 3.37. The van der Waals surface area contributed by atoms with Crippen molar-refractivity contribution >= 4 is 22.9 Å². The van der Waals surface area contributed by atoms with E-state index >= 15 is 0 Å². The Morgan fingerprint density at radius 3 is 3.12 bits per heavy atom. The van der Waals surface area contributed by atoms with Gasteiger partial charge < -0.3 is 15.7 Å². The van der Waals surface area contributed by atoms with Gasteiger partial charge in [0.1, 0.15) is 0 Å². The third-order valence-corrected chi connectivity index (χ3v) is 5.63. The van der Waals surface area contributed by atoms with Crippen molar-refractivity contribution in [2.75, 3.05) is 19.7 Å². The van der Waals surface area contributed by atoms with Crippen LogP contribution in [0.5, 0.6) is 0 Å². The zero-order chi connectivity index (χ0) is 18.0. The van der Waals surface area contributed by atoms with Crippen LogP contribution in [0.3, 0.4) is 0 Å². The molecule has 1 saturated heterocycles. The van der Waals surface area contributed by atoms with Gasteiger partial charge in [-0.15, -0.1) is 0 Å². The first-order valence-corrected chi connectivity index (χ1v) is 9.37. The van der Waals surface area contributed by atoms with Crippen molar-refractivity contribution in [3.63, 3.8) is 0 Å². The molecule has 2 aliphatic rings. The van der Waals surface area contributed by atoms with Crippen LogP contribution >= 0.6 is 0 Å². The second kappa shape index (κ2) is 7.17. The molecule has 4 rings (SSSR count). The second-order valence-electron chi connectivity index (χ2n) is 7.46. The lowest BCUT2D eigenvalue weighted by Gasteiger charge is -2.26. The van der Waals surface area contributed by atoms with Crippen LogP contribution in [-0.4, -0.2) is 41.7 Å². The van der Waals surface area contributed by atoms with Gasteiger partial charge in [-0.2, -0.15) is 0 Å². The Labute approximate surface area is 153 Å². The molecule has 1 aliphatic carbocycles. The van der Waals surface area contributed by atoms with E-state index in [1.54, 1.807) is 0 Å². The van der Waals surface area contributed by atoms with Crippen LogP contribution in [0.25, 0.3) is 17.0 Å². The summed E-state index contributed by atoms with van der Waals surface area (Å²) in [6, 6.07) is 10.3. The number of para-hydroxylation sites is 1. The van der Waals surface area contributed by atoms with Gasteiger partial charge in [-0.1, -0.05) is 30.4 Å². The number of pyridine rings is 1. The first-order valence-electron chi connectivity index (χ1n) is 9.37. The van der Waals surface area contributed by atoms with Crippen molar-refractivity contribution < 1.29 is 9.90 Å². The molecular formula is C21H25N3O2. The maximum Gasteiger partial charge on any atom is 0.229 e. The van der Waals surface area contributed by atoms with Gasteiger partial charge in [0, 0.05) is 24.2 Å². The lowest BCUT2D eigenvalue weighted by Crippen LogP contribution is -2.48. The molecule has 1 aromatic carbocycles. The fourth-order valence-electron chi connectivity index (χ4n) is 3.81. The molecule has 1 amide bonds. The van der Waals surface area contributed by atoms with Crippen LogP contribution in [0.15, 0.2) is 42.6 Å². The van der Waals surface area contributed by atoms with E-state index in [1.807, 2.05) is 42.6 Å². The van der Waals surface area contributed by atoms with Gasteiger partial charge in [0.25, 0.3) is 0 Å². The number of aliphatic hydroxyl groups is 1. The first kappa shape index (κ1) is 17.2. The SMILES string of the molecule is O=C(NC1CCCNC1)C1(CO)CC1C=Cc1cnc2ccccc2c1. The minimum absolute atomic E-state index is 0.0139. The van der Waals surface area contributed by atoms with Crippen molar-refractivity contribution in [2.24, 2.45) is 11.3 Å². The molecule has 1 saturated carbocycles. The summed E-state index contributed by atoms with van der Waals surface area (Å²) in [5, 5.41) is 17.4. The summed E-state index contributed by atoms with van der Waals surface area (Å²) in [7, 11) is 0. The molecule has 3 unspecified atom stereocenters. The lowest BCUT2D eigenvalue weighted by molar-refractivity contribution is -0.129. The van der Waals surface area contributed by atoms with Gasteiger partial charge in [-0.05, 0) is 49.4 Å². The molecule has 0 spiro atoms. The normalized spacial score (nSPS) is 28.3. The summed E-state index contributed by atoms with van der Waals surface area (Å²) >= 11 is 0. The quantitative estimate of drug-likeness (QED) is 0.771. The molecule has 0 radical (unpaired) electrons. The predicted molar refractivity (Wildman–Crippen MR) is 102 cm³/mol. The van der Waals surface area contributed by atoms with E-state index in [0.717, 1.165) is 42.4 Å². The summed E-state index contributed by atoms with van der Waals surface area (Å²) in [5.41, 5.74) is 1.33. The van der Waals surface area contributed by atoms with Gasteiger partial charge >= 0.3 is 0 Å². The Morgan fingerprint density at radius 2 is 2.31 bits per heavy atom. The first-order chi connectivity index (χ1) is 12.7. The van der Waals surface area contributed by atoms with Gasteiger partial charge in [0.05, 0.1) is 17.5 Å². The number of nitrogens with zero attached hydrogens (tertiary/aromatic N) is 1. The van der Waals surface area contributed by atoms with Gasteiger partial charge in [0.15, 0.2) is 0 Å². The maximum atomic E-state index is 12.7. The molecule has 1 aromatic heterocycles. The molecule has 3 N–H and O–H groups in total. The van der Waals surface area contributed by atoms with Crippen molar-refractivity contribution in [3.8, 4) is 0 Å². The number of hydrogen-bond acceptors (Lipinski definition) is 4. The van der Waals surface area contributed by atoms with E-state index in [1.165, 1.54) is 0 Å². The zero-order valence-electron chi connectivity index (χ0n) is 14.8. The highest BCUT2D eigenvalue weighted by atomic mass is 16.3. The third-order valence-electron chi connectivity index (χ3n) is 5.63. The molecule has 0 bridgehead atoms. The number of aromatic nitrogens is 1. The number of hydrogen-bond donors (Lipinski definition) is 3. The number of carbonyl (C=O) groups excluding carboxylic acids is 1. The number of nitrogens with one attached hydrogen (secondary N) is 2. The largest absolute Gasteiger partial charge is 0.395 e. The number of allylic oxidation sites excluding steroid dienone is 1. The van der Waals surface area contributed by atoms with E-state index < -0.39 is 5.41 Å². The van der Waals surface area contributed by atoms with E-state index in [4.69, 9.17) is 0 Å². The summed E-state index contributed by atoms with van der Waals surface area (Å²) in [5.74, 6) is 0.0653. The molecule has 136 valence electrons. The zero-order valence-corrected chi connectivity index (χ0v) is 14.8.